The monoisotopic (exact) mass is 180 g/mol. The normalized spacial score (nSPS) is 11.6. The summed E-state index contributed by atoms with van der Waals surface area (Å²) in [4.78, 5) is 0. The highest BCUT2D eigenvalue weighted by molar-refractivity contribution is 6.89. The van der Waals surface area contributed by atoms with Crippen molar-refractivity contribution < 1.29 is 5.11 Å². The van der Waals surface area contributed by atoms with Crippen molar-refractivity contribution in [2.75, 3.05) is 0 Å². The Hall–Kier alpha value is -0.763. The topological polar surface area (TPSA) is 20.2 Å². The van der Waals surface area contributed by atoms with Crippen molar-refractivity contribution in [2.24, 2.45) is 0 Å². The first kappa shape index (κ1) is 9.33. The van der Waals surface area contributed by atoms with Crippen LogP contribution in [0.4, 0.5) is 0 Å². The van der Waals surface area contributed by atoms with Gasteiger partial charge in [0.15, 0.2) is 0 Å². The van der Waals surface area contributed by atoms with Crippen LogP contribution in [0.5, 0.6) is 5.75 Å². The lowest BCUT2D eigenvalue weighted by atomic mass is 10.3. The summed E-state index contributed by atoms with van der Waals surface area (Å²) in [7, 11) is -1.24. The highest BCUT2D eigenvalue weighted by atomic mass is 28.3. The molecule has 0 aliphatic carbocycles. The first-order chi connectivity index (χ1) is 5.56. The van der Waals surface area contributed by atoms with E-state index < -0.39 is 8.07 Å². The van der Waals surface area contributed by atoms with Gasteiger partial charge < -0.3 is 5.11 Å². The van der Waals surface area contributed by atoms with Crippen molar-refractivity contribution in [1.29, 1.82) is 0 Å². The molecule has 1 aromatic carbocycles. The Balaban J connectivity index is 3.03. The number of rotatable bonds is 2. The molecule has 1 rings (SSSR count). The van der Waals surface area contributed by atoms with Gasteiger partial charge in [-0.15, -0.1) is 0 Å². The van der Waals surface area contributed by atoms with Crippen molar-refractivity contribution in [3.63, 3.8) is 0 Å². The van der Waals surface area contributed by atoms with E-state index in [2.05, 4.69) is 26.1 Å². The van der Waals surface area contributed by atoms with Crippen LogP contribution in [0.1, 0.15) is 6.92 Å². The standard InChI is InChI=1S/C10H16OSi/c1-4-12(2,3)10-7-5-6-9(11)8-10/h5-8,11H,4H2,1-3H3. The van der Waals surface area contributed by atoms with Gasteiger partial charge in [0, 0.05) is 0 Å². The average molecular weight is 180 g/mol. The fourth-order valence-corrected chi connectivity index (χ4v) is 2.63. The Labute approximate surface area is 75.1 Å². The Morgan fingerprint density at radius 2 is 2.00 bits per heavy atom. The van der Waals surface area contributed by atoms with Gasteiger partial charge >= 0.3 is 0 Å². The summed E-state index contributed by atoms with van der Waals surface area (Å²) >= 11 is 0. The Morgan fingerprint density at radius 1 is 1.33 bits per heavy atom. The lowest BCUT2D eigenvalue weighted by molar-refractivity contribution is 0.476. The second kappa shape index (κ2) is 3.31. The van der Waals surface area contributed by atoms with Crippen molar-refractivity contribution in [3.8, 4) is 5.75 Å². The lowest BCUT2D eigenvalue weighted by Gasteiger charge is -2.20. The zero-order valence-corrected chi connectivity index (χ0v) is 8.96. The van der Waals surface area contributed by atoms with E-state index in [1.54, 1.807) is 6.07 Å². The van der Waals surface area contributed by atoms with Gasteiger partial charge in [-0.3, -0.25) is 0 Å². The molecule has 0 fully saturated rings. The number of benzene rings is 1. The summed E-state index contributed by atoms with van der Waals surface area (Å²) in [5.74, 6) is 0.390. The van der Waals surface area contributed by atoms with E-state index in [4.69, 9.17) is 0 Å². The van der Waals surface area contributed by atoms with E-state index in [0.717, 1.165) is 0 Å². The second-order valence-corrected chi connectivity index (χ2v) is 8.84. The zero-order chi connectivity index (χ0) is 9.19. The van der Waals surface area contributed by atoms with Gasteiger partial charge in [-0.05, 0) is 12.1 Å². The number of aromatic hydroxyl groups is 1. The smallest absolute Gasteiger partial charge is 0.115 e. The maximum absolute atomic E-state index is 9.29. The molecule has 1 aromatic rings. The predicted octanol–water partition coefficient (Wildman–Crippen LogP) is 2.33. The molecule has 1 N–H and O–H groups in total. The molecule has 0 saturated heterocycles. The van der Waals surface area contributed by atoms with E-state index >= 15 is 0 Å². The average Bonchev–Trinajstić information content (AvgIpc) is 2.05. The fraction of sp³-hybridized carbons (Fsp3) is 0.400. The molecule has 12 heavy (non-hydrogen) atoms. The molecule has 2 heteroatoms. The molecule has 0 aromatic heterocycles. The minimum absolute atomic E-state index is 0.390. The van der Waals surface area contributed by atoms with Crippen LogP contribution in [-0.4, -0.2) is 13.2 Å². The van der Waals surface area contributed by atoms with Gasteiger partial charge in [0.25, 0.3) is 0 Å². The highest BCUT2D eigenvalue weighted by Crippen LogP contribution is 2.12. The number of phenols is 1. The summed E-state index contributed by atoms with van der Waals surface area (Å²) in [5, 5.41) is 10.6. The Bertz CT molecular complexity index is 268. The number of phenolic OH excluding ortho intramolecular Hbond substituents is 1. The molecule has 0 bridgehead atoms. The fourth-order valence-electron chi connectivity index (χ4n) is 1.13. The van der Waals surface area contributed by atoms with Crippen LogP contribution in [0.2, 0.25) is 19.1 Å². The molecule has 0 amide bonds. The lowest BCUT2D eigenvalue weighted by Crippen LogP contribution is -2.40. The highest BCUT2D eigenvalue weighted by Gasteiger charge is 2.20. The van der Waals surface area contributed by atoms with Crippen molar-refractivity contribution in [2.45, 2.75) is 26.1 Å². The summed E-state index contributed by atoms with van der Waals surface area (Å²) in [5.41, 5.74) is 0. The van der Waals surface area contributed by atoms with E-state index in [1.807, 2.05) is 12.1 Å². The van der Waals surface area contributed by atoms with Crippen molar-refractivity contribution in [3.05, 3.63) is 24.3 Å². The zero-order valence-electron chi connectivity index (χ0n) is 7.96. The molecule has 0 unspecified atom stereocenters. The van der Waals surface area contributed by atoms with E-state index in [0.29, 0.717) is 5.75 Å². The molecule has 1 nitrogen and oxygen atoms in total. The van der Waals surface area contributed by atoms with Gasteiger partial charge in [0.1, 0.15) is 5.75 Å². The molecule has 66 valence electrons. The van der Waals surface area contributed by atoms with Gasteiger partial charge in [-0.2, -0.15) is 0 Å². The molecule has 0 heterocycles. The quantitative estimate of drug-likeness (QED) is 0.693. The van der Waals surface area contributed by atoms with Crippen LogP contribution >= 0.6 is 0 Å². The maximum Gasteiger partial charge on any atom is 0.115 e. The summed E-state index contributed by atoms with van der Waals surface area (Å²) in [6.45, 7) is 6.86. The van der Waals surface area contributed by atoms with Crippen molar-refractivity contribution >= 4 is 13.3 Å². The Kier molecular flexibility index (Phi) is 2.57. The third kappa shape index (κ3) is 1.88. The van der Waals surface area contributed by atoms with Gasteiger partial charge in [-0.1, -0.05) is 43.4 Å². The first-order valence-corrected chi connectivity index (χ1v) is 7.56. The minimum atomic E-state index is -1.24. The molecule has 0 atom stereocenters. The SMILES string of the molecule is CC[Si](C)(C)c1cccc(O)c1. The molecular weight excluding hydrogens is 164 g/mol. The summed E-state index contributed by atoms with van der Waals surface area (Å²) in [6, 6.07) is 8.89. The van der Waals surface area contributed by atoms with E-state index in [9.17, 15) is 5.11 Å². The first-order valence-electron chi connectivity index (χ1n) is 4.36. The summed E-state index contributed by atoms with van der Waals surface area (Å²) in [6.07, 6.45) is 0. The molecule has 0 aliphatic heterocycles. The van der Waals surface area contributed by atoms with Crippen molar-refractivity contribution in [1.82, 2.24) is 0 Å². The third-order valence-electron chi connectivity index (χ3n) is 2.51. The molecular formula is C10H16OSi. The van der Waals surface area contributed by atoms with Gasteiger partial charge in [-0.25, -0.2) is 0 Å². The third-order valence-corrected chi connectivity index (χ3v) is 6.15. The van der Waals surface area contributed by atoms with Crippen LogP contribution in [0, 0.1) is 0 Å². The second-order valence-electron chi connectivity index (χ2n) is 3.79. The number of hydrogen-bond acceptors (Lipinski definition) is 1. The minimum Gasteiger partial charge on any atom is -0.508 e. The summed E-state index contributed by atoms with van der Waals surface area (Å²) < 4.78 is 0. The molecule has 0 radical (unpaired) electrons. The van der Waals surface area contributed by atoms with E-state index in [-0.39, 0.29) is 0 Å². The van der Waals surface area contributed by atoms with Crippen LogP contribution in [0.3, 0.4) is 0 Å². The number of hydrogen-bond donors (Lipinski definition) is 1. The largest absolute Gasteiger partial charge is 0.508 e. The van der Waals surface area contributed by atoms with Crippen LogP contribution in [0.15, 0.2) is 24.3 Å². The van der Waals surface area contributed by atoms with E-state index in [1.165, 1.54) is 11.2 Å². The van der Waals surface area contributed by atoms with Crippen LogP contribution in [0.25, 0.3) is 0 Å². The predicted molar refractivity (Wildman–Crippen MR) is 55.7 cm³/mol. The maximum atomic E-state index is 9.29. The molecule has 0 spiro atoms. The van der Waals surface area contributed by atoms with Gasteiger partial charge in [0.2, 0.25) is 0 Å². The Morgan fingerprint density at radius 3 is 2.50 bits per heavy atom. The van der Waals surface area contributed by atoms with Crippen LogP contribution < -0.4 is 5.19 Å². The van der Waals surface area contributed by atoms with Gasteiger partial charge in [0.05, 0.1) is 8.07 Å². The molecule has 0 aliphatic rings. The van der Waals surface area contributed by atoms with Crippen LogP contribution in [-0.2, 0) is 0 Å². The molecule has 0 saturated carbocycles.